The highest BCUT2D eigenvalue weighted by Crippen LogP contribution is 2.64. The number of aromatic nitrogens is 1. The molecular formula is C24H33NO. The number of allylic oxidation sites excluding steroid dienone is 2. The number of rotatable bonds is 1. The Hall–Kier alpha value is -1.15. The summed E-state index contributed by atoms with van der Waals surface area (Å²) in [6.07, 6.45) is 14.4. The minimum absolute atomic E-state index is 0.322. The molecule has 0 aliphatic heterocycles. The van der Waals surface area contributed by atoms with Gasteiger partial charge in [-0.2, -0.15) is 0 Å². The van der Waals surface area contributed by atoms with Gasteiger partial charge in [-0.25, -0.2) is 0 Å². The molecule has 0 spiro atoms. The normalized spacial score (nSPS) is 47.5. The lowest BCUT2D eigenvalue weighted by atomic mass is 9.49. The Morgan fingerprint density at radius 3 is 2.65 bits per heavy atom. The molecule has 1 aromatic heterocycles. The topological polar surface area (TPSA) is 33.1 Å². The van der Waals surface area contributed by atoms with E-state index in [0.29, 0.717) is 5.41 Å². The van der Waals surface area contributed by atoms with E-state index in [2.05, 4.69) is 37.0 Å². The van der Waals surface area contributed by atoms with Gasteiger partial charge in [0, 0.05) is 6.20 Å². The van der Waals surface area contributed by atoms with Crippen molar-refractivity contribution in [2.75, 3.05) is 0 Å². The summed E-state index contributed by atoms with van der Waals surface area (Å²) in [5.41, 5.74) is 2.65. The summed E-state index contributed by atoms with van der Waals surface area (Å²) in [7, 11) is 0. The van der Waals surface area contributed by atoms with Crippen molar-refractivity contribution in [1.82, 2.24) is 4.98 Å². The molecule has 0 saturated heterocycles. The lowest BCUT2D eigenvalue weighted by Crippen LogP contribution is -2.50. The summed E-state index contributed by atoms with van der Waals surface area (Å²) in [5, 5.41) is 10.5. The van der Waals surface area contributed by atoms with Crippen LogP contribution in [0.1, 0.15) is 70.9 Å². The van der Waals surface area contributed by atoms with Crippen molar-refractivity contribution in [3.63, 3.8) is 0 Å². The van der Waals surface area contributed by atoms with Crippen molar-refractivity contribution in [3.8, 4) is 0 Å². The van der Waals surface area contributed by atoms with E-state index in [1.54, 1.807) is 0 Å². The van der Waals surface area contributed by atoms with Gasteiger partial charge in [-0.15, -0.1) is 0 Å². The van der Waals surface area contributed by atoms with E-state index in [4.69, 9.17) is 0 Å². The van der Waals surface area contributed by atoms with E-state index in [1.807, 2.05) is 12.3 Å². The molecule has 7 atom stereocenters. The van der Waals surface area contributed by atoms with Gasteiger partial charge in [0.2, 0.25) is 0 Å². The molecule has 1 heterocycles. The van der Waals surface area contributed by atoms with Crippen molar-refractivity contribution in [3.05, 3.63) is 36.2 Å². The number of fused-ring (bicyclic) bond motifs is 5. The molecule has 1 aromatic rings. The zero-order valence-electron chi connectivity index (χ0n) is 16.3. The van der Waals surface area contributed by atoms with Gasteiger partial charge >= 0.3 is 0 Å². The molecule has 26 heavy (non-hydrogen) atoms. The summed E-state index contributed by atoms with van der Waals surface area (Å²) < 4.78 is 0. The Balaban J connectivity index is 1.40. The van der Waals surface area contributed by atoms with Gasteiger partial charge in [0.25, 0.3) is 0 Å². The van der Waals surface area contributed by atoms with Crippen molar-refractivity contribution in [2.45, 2.75) is 70.8 Å². The molecule has 3 fully saturated rings. The maximum Gasteiger partial charge on any atom is 0.0664 e. The van der Waals surface area contributed by atoms with E-state index >= 15 is 0 Å². The highest BCUT2D eigenvalue weighted by molar-refractivity contribution is 5.70. The van der Waals surface area contributed by atoms with Crippen LogP contribution in [-0.4, -0.2) is 15.7 Å². The third-order valence-corrected chi connectivity index (χ3v) is 8.76. The maximum atomic E-state index is 10.5. The minimum Gasteiger partial charge on any atom is -0.390 e. The Labute approximate surface area is 158 Å². The van der Waals surface area contributed by atoms with E-state index < -0.39 is 5.60 Å². The molecule has 4 aliphatic rings. The Morgan fingerprint density at radius 2 is 1.85 bits per heavy atom. The molecule has 5 rings (SSSR count). The number of aliphatic hydroxyl groups is 1. The van der Waals surface area contributed by atoms with Gasteiger partial charge in [-0.3, -0.25) is 4.98 Å². The van der Waals surface area contributed by atoms with E-state index in [1.165, 1.54) is 49.8 Å². The molecule has 140 valence electrons. The first-order valence-electron chi connectivity index (χ1n) is 10.8. The second-order valence-corrected chi connectivity index (χ2v) is 10.2. The fourth-order valence-corrected chi connectivity index (χ4v) is 7.57. The molecule has 1 N–H and O–H groups in total. The second-order valence-electron chi connectivity index (χ2n) is 10.2. The smallest absolute Gasteiger partial charge is 0.0664 e. The fraction of sp³-hybridized carbons (Fsp3) is 0.708. The second kappa shape index (κ2) is 5.92. The molecule has 0 radical (unpaired) electrons. The van der Waals surface area contributed by atoms with Crippen LogP contribution in [0.4, 0.5) is 0 Å². The van der Waals surface area contributed by atoms with Gasteiger partial charge in [0.15, 0.2) is 0 Å². The minimum atomic E-state index is -0.405. The Bertz CT molecular complexity index is 708. The van der Waals surface area contributed by atoms with Crippen LogP contribution in [0.3, 0.4) is 0 Å². The summed E-state index contributed by atoms with van der Waals surface area (Å²) >= 11 is 0. The highest BCUT2D eigenvalue weighted by atomic mass is 16.3. The first-order valence-corrected chi connectivity index (χ1v) is 10.8. The van der Waals surface area contributed by atoms with Crippen molar-refractivity contribution < 1.29 is 5.11 Å². The zero-order valence-corrected chi connectivity index (χ0v) is 16.3. The number of pyridine rings is 1. The maximum absolute atomic E-state index is 10.5. The number of hydrogen-bond acceptors (Lipinski definition) is 2. The van der Waals surface area contributed by atoms with Crippen molar-refractivity contribution in [2.24, 2.45) is 35.0 Å². The lowest BCUT2D eigenvalue weighted by molar-refractivity contribution is -0.0886. The SMILES string of the molecule is C[C@@]1(O)CC[C@H]2[C@H](CC[C@@H]3[C@@H]2CC[C@]2(C)C(c4ccccn4)=CC[C@@H]32)C1. The summed E-state index contributed by atoms with van der Waals surface area (Å²) in [6, 6.07) is 6.35. The van der Waals surface area contributed by atoms with Crippen molar-refractivity contribution in [1.29, 1.82) is 0 Å². The molecule has 3 saturated carbocycles. The molecule has 2 nitrogen and oxygen atoms in total. The van der Waals surface area contributed by atoms with Crippen LogP contribution in [0.2, 0.25) is 0 Å². The summed E-state index contributed by atoms with van der Waals surface area (Å²) in [6.45, 7) is 4.59. The van der Waals surface area contributed by atoms with E-state index in [0.717, 1.165) is 42.4 Å². The van der Waals surface area contributed by atoms with E-state index in [-0.39, 0.29) is 0 Å². The fourth-order valence-electron chi connectivity index (χ4n) is 7.57. The first kappa shape index (κ1) is 17.0. The van der Waals surface area contributed by atoms with Crippen LogP contribution < -0.4 is 0 Å². The summed E-state index contributed by atoms with van der Waals surface area (Å²) in [4.78, 5) is 4.69. The highest BCUT2D eigenvalue weighted by Gasteiger charge is 2.55. The van der Waals surface area contributed by atoms with Crippen LogP contribution in [0, 0.1) is 35.0 Å². The van der Waals surface area contributed by atoms with Crippen LogP contribution in [0.15, 0.2) is 30.5 Å². The Morgan fingerprint density at radius 1 is 1.00 bits per heavy atom. The van der Waals surface area contributed by atoms with Crippen LogP contribution in [0.25, 0.3) is 5.57 Å². The van der Waals surface area contributed by atoms with Crippen molar-refractivity contribution >= 4 is 5.57 Å². The molecule has 2 heteroatoms. The van der Waals surface area contributed by atoms with Crippen LogP contribution >= 0.6 is 0 Å². The predicted octanol–water partition coefficient (Wildman–Crippen LogP) is 5.48. The van der Waals surface area contributed by atoms with Crippen LogP contribution in [-0.2, 0) is 0 Å². The molecular weight excluding hydrogens is 318 g/mol. The molecule has 0 aromatic carbocycles. The lowest BCUT2D eigenvalue weighted by Gasteiger charge is -2.56. The van der Waals surface area contributed by atoms with Gasteiger partial charge in [-0.05, 0) is 111 Å². The third-order valence-electron chi connectivity index (χ3n) is 8.76. The molecule has 0 amide bonds. The first-order chi connectivity index (χ1) is 12.5. The number of hydrogen-bond donors (Lipinski definition) is 1. The largest absolute Gasteiger partial charge is 0.390 e. The van der Waals surface area contributed by atoms with E-state index in [9.17, 15) is 5.11 Å². The predicted molar refractivity (Wildman–Crippen MR) is 105 cm³/mol. The van der Waals surface area contributed by atoms with Gasteiger partial charge in [-0.1, -0.05) is 19.1 Å². The Kier molecular flexibility index (Phi) is 3.87. The number of nitrogens with zero attached hydrogens (tertiary/aromatic N) is 1. The molecule has 4 aliphatic carbocycles. The molecule has 0 bridgehead atoms. The van der Waals surface area contributed by atoms with Gasteiger partial charge < -0.3 is 5.11 Å². The van der Waals surface area contributed by atoms with Gasteiger partial charge in [0.1, 0.15) is 0 Å². The monoisotopic (exact) mass is 351 g/mol. The quantitative estimate of drug-likeness (QED) is 0.727. The summed E-state index contributed by atoms with van der Waals surface area (Å²) in [5.74, 6) is 4.24. The zero-order chi connectivity index (χ0) is 17.9. The van der Waals surface area contributed by atoms with Crippen LogP contribution in [0.5, 0.6) is 0 Å². The third kappa shape index (κ3) is 2.52. The average molecular weight is 352 g/mol. The van der Waals surface area contributed by atoms with Gasteiger partial charge in [0.05, 0.1) is 11.3 Å². The standard InChI is InChI=1S/C24H33NO/c1-23(26)12-10-17-16(15-23)6-7-19-18(17)11-13-24(2)20(19)8-9-21(24)22-5-3-4-14-25-22/h3-5,9,14,16-20,26H,6-8,10-13,15H2,1-2H3/t16-,17+,18-,19-,20+,23-,24+/m1/s1. The average Bonchev–Trinajstić information content (AvgIpc) is 2.98. The molecule has 0 unspecified atom stereocenters.